The van der Waals surface area contributed by atoms with Gasteiger partial charge < -0.3 is 4.74 Å². The number of anilines is 1. The predicted octanol–water partition coefficient (Wildman–Crippen LogP) is 2.25. The number of ether oxygens (including phenoxy) is 1. The van der Waals surface area contributed by atoms with Crippen molar-refractivity contribution in [2.45, 2.75) is 40.2 Å². The molecule has 0 bridgehead atoms. The number of hydrazine groups is 1. The molecule has 0 aromatic carbocycles. The third-order valence-electron chi connectivity index (χ3n) is 2.17. The average molecular weight is 291 g/mol. The summed E-state index contributed by atoms with van der Waals surface area (Å²) in [5.41, 5.74) is 2.25. The van der Waals surface area contributed by atoms with Gasteiger partial charge in [-0.25, -0.2) is 25.2 Å². The summed E-state index contributed by atoms with van der Waals surface area (Å²) in [6.45, 7) is 9.84. The molecule has 1 aromatic rings. The Labute approximate surface area is 124 Å². The highest BCUT2D eigenvalue weighted by Gasteiger charge is 2.20. The average Bonchev–Trinajstić information content (AvgIpc) is 2.35. The van der Waals surface area contributed by atoms with Crippen molar-refractivity contribution >= 4 is 12.0 Å². The van der Waals surface area contributed by atoms with E-state index >= 15 is 0 Å². The van der Waals surface area contributed by atoms with Crippen molar-refractivity contribution in [2.24, 2.45) is 5.92 Å². The van der Waals surface area contributed by atoms with Gasteiger partial charge in [-0.1, -0.05) is 13.8 Å². The Bertz CT molecular complexity index is 531. The molecule has 0 atom stereocenters. The minimum absolute atomic E-state index is 0.236. The lowest BCUT2D eigenvalue weighted by molar-refractivity contribution is 0.0518. The van der Waals surface area contributed by atoms with Gasteiger partial charge in [-0.2, -0.15) is 5.26 Å². The van der Waals surface area contributed by atoms with Crippen LogP contribution in [0.1, 0.15) is 40.3 Å². The lowest BCUT2D eigenvalue weighted by atomic mass is 10.2. The summed E-state index contributed by atoms with van der Waals surface area (Å²) in [6.07, 6.45) is 0.888. The molecule has 0 spiro atoms. The van der Waals surface area contributed by atoms with Gasteiger partial charge in [-0.05, 0) is 32.8 Å². The number of nitrogens with zero attached hydrogens (tertiary/aromatic N) is 4. The largest absolute Gasteiger partial charge is 0.443 e. The molecule has 114 valence electrons. The minimum Gasteiger partial charge on any atom is -0.443 e. The van der Waals surface area contributed by atoms with Gasteiger partial charge in [-0.3, -0.25) is 0 Å². The SMILES string of the molecule is CC(C)CN(NC(=O)OC(C)(C)C)c1nccc(C#N)n1. The number of nitrogens with one attached hydrogen (secondary N) is 1. The topological polar surface area (TPSA) is 91.1 Å². The van der Waals surface area contributed by atoms with Crippen LogP contribution >= 0.6 is 0 Å². The summed E-state index contributed by atoms with van der Waals surface area (Å²) in [5, 5.41) is 10.4. The van der Waals surface area contributed by atoms with Crippen LogP contribution in [0.3, 0.4) is 0 Å². The van der Waals surface area contributed by atoms with Gasteiger partial charge in [0.05, 0.1) is 0 Å². The van der Waals surface area contributed by atoms with Crippen molar-refractivity contribution in [2.75, 3.05) is 11.6 Å². The van der Waals surface area contributed by atoms with Gasteiger partial charge in [-0.15, -0.1) is 0 Å². The van der Waals surface area contributed by atoms with Crippen LogP contribution in [0.5, 0.6) is 0 Å². The van der Waals surface area contributed by atoms with Gasteiger partial charge in [0, 0.05) is 12.7 Å². The third-order valence-corrected chi connectivity index (χ3v) is 2.17. The summed E-state index contributed by atoms with van der Waals surface area (Å²) >= 11 is 0. The number of hydrogen-bond donors (Lipinski definition) is 1. The first-order chi connectivity index (χ1) is 9.71. The fourth-order valence-corrected chi connectivity index (χ4v) is 1.49. The monoisotopic (exact) mass is 291 g/mol. The smallest absolute Gasteiger partial charge is 0.426 e. The number of hydrogen-bond acceptors (Lipinski definition) is 6. The Balaban J connectivity index is 2.90. The number of nitriles is 1. The Kier molecular flexibility index (Phi) is 5.47. The van der Waals surface area contributed by atoms with E-state index in [1.165, 1.54) is 17.3 Å². The summed E-state index contributed by atoms with van der Waals surface area (Å²) in [5.74, 6) is 0.517. The Hall–Kier alpha value is -2.36. The minimum atomic E-state index is -0.594. The summed E-state index contributed by atoms with van der Waals surface area (Å²) < 4.78 is 5.22. The van der Waals surface area contributed by atoms with E-state index in [0.29, 0.717) is 6.54 Å². The van der Waals surface area contributed by atoms with Crippen molar-refractivity contribution in [1.82, 2.24) is 15.4 Å². The summed E-state index contributed by atoms with van der Waals surface area (Å²) in [4.78, 5) is 20.0. The third kappa shape index (κ3) is 6.08. The molecule has 7 nitrogen and oxygen atoms in total. The maximum Gasteiger partial charge on any atom is 0.426 e. The standard InChI is InChI=1S/C14H21N5O2/c1-10(2)9-19(18-13(20)21-14(3,4)5)12-16-7-6-11(8-15)17-12/h6-7,10H,9H2,1-5H3,(H,18,20). The van der Waals surface area contributed by atoms with E-state index in [0.717, 1.165) is 0 Å². The first-order valence-electron chi connectivity index (χ1n) is 6.71. The van der Waals surface area contributed by atoms with Crippen molar-refractivity contribution in [3.05, 3.63) is 18.0 Å². The van der Waals surface area contributed by atoms with Crippen LogP contribution in [-0.2, 0) is 4.74 Å². The molecule has 1 rings (SSSR count). The van der Waals surface area contributed by atoms with E-state index in [1.54, 1.807) is 20.8 Å². The lowest BCUT2D eigenvalue weighted by Gasteiger charge is -2.27. The van der Waals surface area contributed by atoms with E-state index in [1.807, 2.05) is 19.9 Å². The zero-order valence-electron chi connectivity index (χ0n) is 13.0. The first-order valence-corrected chi connectivity index (χ1v) is 6.71. The molecule has 0 saturated heterocycles. The Morgan fingerprint density at radius 2 is 2.19 bits per heavy atom. The van der Waals surface area contributed by atoms with Crippen LogP contribution in [0.4, 0.5) is 10.7 Å². The molecule has 21 heavy (non-hydrogen) atoms. The molecule has 0 aliphatic rings. The van der Waals surface area contributed by atoms with Crippen LogP contribution in [0, 0.1) is 17.2 Å². The Morgan fingerprint density at radius 3 is 2.71 bits per heavy atom. The van der Waals surface area contributed by atoms with Crippen LogP contribution in [0.25, 0.3) is 0 Å². The van der Waals surface area contributed by atoms with Gasteiger partial charge in [0.25, 0.3) is 0 Å². The molecule has 0 radical (unpaired) electrons. The van der Waals surface area contributed by atoms with E-state index in [4.69, 9.17) is 10.00 Å². The predicted molar refractivity (Wildman–Crippen MR) is 78.3 cm³/mol. The highest BCUT2D eigenvalue weighted by atomic mass is 16.6. The van der Waals surface area contributed by atoms with E-state index in [2.05, 4.69) is 15.4 Å². The van der Waals surface area contributed by atoms with Crippen molar-refractivity contribution < 1.29 is 9.53 Å². The zero-order chi connectivity index (χ0) is 16.0. The highest BCUT2D eigenvalue weighted by molar-refractivity contribution is 5.69. The van der Waals surface area contributed by atoms with Crippen molar-refractivity contribution in [3.63, 3.8) is 0 Å². The maximum atomic E-state index is 11.9. The second kappa shape index (κ2) is 6.88. The molecule has 0 saturated carbocycles. The second-order valence-corrected chi connectivity index (χ2v) is 5.97. The highest BCUT2D eigenvalue weighted by Crippen LogP contribution is 2.10. The fraction of sp³-hybridized carbons (Fsp3) is 0.571. The first kappa shape index (κ1) is 16.7. The van der Waals surface area contributed by atoms with E-state index in [-0.39, 0.29) is 17.6 Å². The van der Waals surface area contributed by atoms with Gasteiger partial charge in [0.15, 0.2) is 0 Å². The quantitative estimate of drug-likeness (QED) is 0.855. The normalized spacial score (nSPS) is 10.9. The van der Waals surface area contributed by atoms with Gasteiger partial charge >= 0.3 is 6.09 Å². The molecular formula is C14H21N5O2. The van der Waals surface area contributed by atoms with E-state index < -0.39 is 11.7 Å². The van der Waals surface area contributed by atoms with Crippen LogP contribution < -0.4 is 10.4 Å². The maximum absolute atomic E-state index is 11.9. The molecule has 7 heteroatoms. The summed E-state index contributed by atoms with van der Waals surface area (Å²) in [7, 11) is 0. The molecule has 1 heterocycles. The van der Waals surface area contributed by atoms with Crippen LogP contribution in [0.2, 0.25) is 0 Å². The fourth-order valence-electron chi connectivity index (χ4n) is 1.49. The number of carbonyl (C=O) groups is 1. The number of rotatable bonds is 4. The zero-order valence-corrected chi connectivity index (χ0v) is 13.0. The van der Waals surface area contributed by atoms with Crippen molar-refractivity contribution in [3.8, 4) is 6.07 Å². The number of carbonyl (C=O) groups excluding carboxylic acids is 1. The molecule has 0 aliphatic heterocycles. The van der Waals surface area contributed by atoms with Crippen LogP contribution in [-0.4, -0.2) is 28.2 Å². The molecule has 0 unspecified atom stereocenters. The van der Waals surface area contributed by atoms with Crippen LogP contribution in [0.15, 0.2) is 12.3 Å². The summed E-state index contributed by atoms with van der Waals surface area (Å²) in [6, 6.07) is 3.45. The van der Waals surface area contributed by atoms with Gasteiger partial charge in [0.1, 0.15) is 17.4 Å². The number of amides is 1. The van der Waals surface area contributed by atoms with E-state index in [9.17, 15) is 4.79 Å². The Morgan fingerprint density at radius 1 is 1.52 bits per heavy atom. The number of aromatic nitrogens is 2. The molecule has 0 fully saturated rings. The molecule has 1 amide bonds. The lowest BCUT2D eigenvalue weighted by Crippen LogP contribution is -2.47. The molecular weight excluding hydrogens is 270 g/mol. The van der Waals surface area contributed by atoms with Gasteiger partial charge in [0.2, 0.25) is 5.95 Å². The second-order valence-electron chi connectivity index (χ2n) is 5.97. The molecule has 1 aromatic heterocycles. The molecule has 1 N–H and O–H groups in total. The van der Waals surface area contributed by atoms with Crippen molar-refractivity contribution in [1.29, 1.82) is 5.26 Å². The molecule has 0 aliphatic carbocycles.